The van der Waals surface area contributed by atoms with Gasteiger partial charge in [-0.05, 0) is 74.9 Å². The minimum Gasteiger partial charge on any atom is -0.488 e. The van der Waals surface area contributed by atoms with Crippen LogP contribution in [-0.2, 0) is 0 Å². The first-order chi connectivity index (χ1) is 9.92. The molecule has 0 saturated heterocycles. The maximum atomic E-state index is 5.82. The Kier molecular flexibility index (Phi) is 4.86. The molecule has 0 bridgehead atoms. The number of halogens is 1. The van der Waals surface area contributed by atoms with Crippen molar-refractivity contribution in [3.63, 3.8) is 0 Å². The van der Waals surface area contributed by atoms with Gasteiger partial charge in [-0.2, -0.15) is 5.10 Å². The average Bonchev–Trinajstić information content (AvgIpc) is 2.41. The van der Waals surface area contributed by atoms with Gasteiger partial charge >= 0.3 is 0 Å². The molecular weight excluding hydrogens is 284 g/mol. The second-order valence-electron chi connectivity index (χ2n) is 5.66. The van der Waals surface area contributed by atoms with Gasteiger partial charge in [-0.15, -0.1) is 0 Å². The van der Waals surface area contributed by atoms with Gasteiger partial charge in [0.2, 0.25) is 0 Å². The lowest BCUT2D eigenvalue weighted by atomic mass is 10.2. The SMILES string of the molecule is CC(C)(C)Oc1ccc(/C=N/Nc2ccc(Cl)cc2)cc1. The third kappa shape index (κ3) is 5.48. The highest BCUT2D eigenvalue weighted by molar-refractivity contribution is 6.30. The fourth-order valence-corrected chi connectivity index (χ4v) is 1.81. The lowest BCUT2D eigenvalue weighted by molar-refractivity contribution is 0.131. The van der Waals surface area contributed by atoms with Crippen LogP contribution >= 0.6 is 11.6 Å². The second-order valence-corrected chi connectivity index (χ2v) is 6.10. The molecule has 110 valence electrons. The van der Waals surface area contributed by atoms with Crippen molar-refractivity contribution < 1.29 is 4.74 Å². The molecule has 21 heavy (non-hydrogen) atoms. The lowest BCUT2D eigenvalue weighted by Gasteiger charge is -2.21. The third-order valence-corrected chi connectivity index (χ3v) is 2.81. The number of rotatable bonds is 4. The highest BCUT2D eigenvalue weighted by Gasteiger charge is 2.10. The summed E-state index contributed by atoms with van der Waals surface area (Å²) in [7, 11) is 0. The summed E-state index contributed by atoms with van der Waals surface area (Å²) in [5, 5.41) is 4.89. The number of benzene rings is 2. The Hall–Kier alpha value is -2.00. The summed E-state index contributed by atoms with van der Waals surface area (Å²) in [4.78, 5) is 0. The highest BCUT2D eigenvalue weighted by atomic mass is 35.5. The Labute approximate surface area is 130 Å². The van der Waals surface area contributed by atoms with E-state index < -0.39 is 0 Å². The molecular formula is C17H19ClN2O. The van der Waals surface area contributed by atoms with Crippen LogP contribution in [0.15, 0.2) is 53.6 Å². The molecule has 0 aliphatic rings. The molecule has 0 unspecified atom stereocenters. The molecule has 0 spiro atoms. The van der Waals surface area contributed by atoms with Crippen molar-refractivity contribution in [1.82, 2.24) is 0 Å². The van der Waals surface area contributed by atoms with E-state index in [1.165, 1.54) is 0 Å². The zero-order chi connectivity index (χ0) is 15.3. The van der Waals surface area contributed by atoms with Crippen LogP contribution in [0.5, 0.6) is 5.75 Å². The summed E-state index contributed by atoms with van der Waals surface area (Å²) in [6.45, 7) is 6.08. The molecule has 2 aromatic rings. The summed E-state index contributed by atoms with van der Waals surface area (Å²) in [6, 6.07) is 15.2. The van der Waals surface area contributed by atoms with E-state index in [4.69, 9.17) is 16.3 Å². The molecule has 2 aromatic carbocycles. The van der Waals surface area contributed by atoms with Crippen LogP contribution < -0.4 is 10.2 Å². The number of hydrogen-bond acceptors (Lipinski definition) is 3. The standard InChI is InChI=1S/C17H19ClN2O/c1-17(2,3)21-16-10-4-13(5-11-16)12-19-20-15-8-6-14(18)7-9-15/h4-12,20H,1-3H3/b19-12+. The maximum absolute atomic E-state index is 5.82. The van der Waals surface area contributed by atoms with Gasteiger partial charge in [0.1, 0.15) is 11.4 Å². The number of nitrogens with one attached hydrogen (secondary N) is 1. The molecule has 4 heteroatoms. The largest absolute Gasteiger partial charge is 0.488 e. The average molecular weight is 303 g/mol. The quantitative estimate of drug-likeness (QED) is 0.639. The van der Waals surface area contributed by atoms with E-state index in [1.54, 1.807) is 6.21 Å². The first-order valence-corrected chi connectivity index (χ1v) is 7.14. The highest BCUT2D eigenvalue weighted by Crippen LogP contribution is 2.18. The summed E-state index contributed by atoms with van der Waals surface area (Å²) < 4.78 is 5.77. The first-order valence-electron chi connectivity index (χ1n) is 6.76. The van der Waals surface area contributed by atoms with Gasteiger partial charge in [0.25, 0.3) is 0 Å². The van der Waals surface area contributed by atoms with Crippen molar-refractivity contribution in [2.75, 3.05) is 5.43 Å². The Morgan fingerprint density at radius 1 is 1.00 bits per heavy atom. The summed E-state index contributed by atoms with van der Waals surface area (Å²) >= 11 is 5.82. The van der Waals surface area contributed by atoms with Crippen LogP contribution in [-0.4, -0.2) is 11.8 Å². The minimum absolute atomic E-state index is 0.189. The molecule has 0 aliphatic carbocycles. The molecule has 0 radical (unpaired) electrons. The molecule has 0 amide bonds. The fraction of sp³-hybridized carbons (Fsp3) is 0.235. The minimum atomic E-state index is -0.189. The molecule has 0 saturated carbocycles. The molecule has 0 atom stereocenters. The Balaban J connectivity index is 1.93. The fourth-order valence-electron chi connectivity index (χ4n) is 1.68. The maximum Gasteiger partial charge on any atom is 0.120 e. The topological polar surface area (TPSA) is 33.6 Å². The van der Waals surface area contributed by atoms with Crippen LogP contribution in [0.2, 0.25) is 5.02 Å². The van der Waals surface area contributed by atoms with Crippen molar-refractivity contribution in [1.29, 1.82) is 0 Å². The van der Waals surface area contributed by atoms with E-state index in [-0.39, 0.29) is 5.60 Å². The summed E-state index contributed by atoms with van der Waals surface area (Å²) in [5.74, 6) is 0.852. The summed E-state index contributed by atoms with van der Waals surface area (Å²) in [6.07, 6.45) is 1.76. The Bertz CT molecular complexity index is 598. The number of anilines is 1. The molecule has 0 fully saturated rings. The van der Waals surface area contributed by atoms with Crippen molar-refractivity contribution in [2.24, 2.45) is 5.10 Å². The van der Waals surface area contributed by atoms with Crippen molar-refractivity contribution in [3.8, 4) is 5.75 Å². The molecule has 0 aliphatic heterocycles. The number of ether oxygens (including phenoxy) is 1. The summed E-state index contributed by atoms with van der Waals surface area (Å²) in [5.41, 5.74) is 4.65. The second kappa shape index (κ2) is 6.64. The molecule has 0 heterocycles. The van der Waals surface area contributed by atoms with Gasteiger partial charge in [-0.25, -0.2) is 0 Å². The van der Waals surface area contributed by atoms with Crippen molar-refractivity contribution in [2.45, 2.75) is 26.4 Å². The van der Waals surface area contributed by atoms with Gasteiger partial charge in [0, 0.05) is 5.02 Å². The zero-order valence-electron chi connectivity index (χ0n) is 12.4. The monoisotopic (exact) mass is 302 g/mol. The van der Waals surface area contributed by atoms with Gasteiger partial charge in [-0.1, -0.05) is 11.6 Å². The lowest BCUT2D eigenvalue weighted by Crippen LogP contribution is -2.22. The van der Waals surface area contributed by atoms with Gasteiger partial charge < -0.3 is 4.74 Å². The number of nitrogens with zero attached hydrogens (tertiary/aromatic N) is 1. The van der Waals surface area contributed by atoms with E-state index >= 15 is 0 Å². The first kappa shape index (κ1) is 15.4. The molecule has 2 rings (SSSR count). The van der Waals surface area contributed by atoms with Gasteiger partial charge in [-0.3, -0.25) is 5.43 Å². The van der Waals surface area contributed by atoms with E-state index in [2.05, 4.69) is 10.5 Å². The predicted octanol–water partition coefficient (Wildman–Crippen LogP) is 4.96. The van der Waals surface area contributed by atoms with Crippen LogP contribution in [0.1, 0.15) is 26.3 Å². The van der Waals surface area contributed by atoms with Crippen LogP contribution in [0, 0.1) is 0 Å². The van der Waals surface area contributed by atoms with Gasteiger partial charge in [0.05, 0.1) is 11.9 Å². The Morgan fingerprint density at radius 3 is 2.19 bits per heavy atom. The van der Waals surface area contributed by atoms with Crippen LogP contribution in [0.25, 0.3) is 0 Å². The third-order valence-electron chi connectivity index (χ3n) is 2.56. The molecule has 3 nitrogen and oxygen atoms in total. The number of hydrazone groups is 1. The van der Waals surface area contributed by atoms with Crippen LogP contribution in [0.4, 0.5) is 5.69 Å². The smallest absolute Gasteiger partial charge is 0.120 e. The van der Waals surface area contributed by atoms with E-state index in [0.29, 0.717) is 5.02 Å². The van der Waals surface area contributed by atoms with Gasteiger partial charge in [0.15, 0.2) is 0 Å². The van der Waals surface area contributed by atoms with E-state index in [0.717, 1.165) is 17.0 Å². The Morgan fingerprint density at radius 2 is 1.62 bits per heavy atom. The normalized spacial score (nSPS) is 11.6. The van der Waals surface area contributed by atoms with E-state index in [9.17, 15) is 0 Å². The number of hydrogen-bond donors (Lipinski definition) is 1. The van der Waals surface area contributed by atoms with Crippen molar-refractivity contribution >= 4 is 23.5 Å². The molecule has 0 aromatic heterocycles. The molecule has 1 N–H and O–H groups in total. The van der Waals surface area contributed by atoms with Crippen molar-refractivity contribution in [3.05, 3.63) is 59.1 Å². The van der Waals surface area contributed by atoms with Crippen LogP contribution in [0.3, 0.4) is 0 Å². The zero-order valence-corrected chi connectivity index (χ0v) is 13.2. The predicted molar refractivity (Wildman–Crippen MR) is 89.5 cm³/mol. The van der Waals surface area contributed by atoms with E-state index in [1.807, 2.05) is 69.3 Å².